The van der Waals surface area contributed by atoms with Crippen LogP contribution in [0.4, 0.5) is 0 Å². The molecule has 1 heterocycles. The van der Waals surface area contributed by atoms with Crippen molar-refractivity contribution >= 4 is 23.8 Å². The molecular weight excluding hydrogens is 338 g/mol. The van der Waals surface area contributed by atoms with Crippen LogP contribution >= 0.6 is 0 Å². The molecule has 2 rings (SSSR count). The first-order valence-electron chi connectivity index (χ1n) is 8.22. The molecular formula is C18H23N3O5. The smallest absolute Gasteiger partial charge is 0.265 e. The molecule has 140 valence electrons. The average molecular weight is 361 g/mol. The second-order valence-electron chi connectivity index (χ2n) is 5.68. The van der Waals surface area contributed by atoms with Gasteiger partial charge in [0.05, 0.1) is 20.8 Å². The second-order valence-corrected chi connectivity index (χ2v) is 5.68. The quantitative estimate of drug-likeness (QED) is 0.758. The topological polar surface area (TPSA) is 88.2 Å². The summed E-state index contributed by atoms with van der Waals surface area (Å²) in [5.74, 6) is 0.323. The van der Waals surface area contributed by atoms with Gasteiger partial charge >= 0.3 is 0 Å². The molecule has 1 aromatic rings. The van der Waals surface area contributed by atoms with Crippen molar-refractivity contribution in [2.75, 3.05) is 33.9 Å². The van der Waals surface area contributed by atoms with E-state index in [1.165, 1.54) is 23.0 Å². The third-order valence-corrected chi connectivity index (χ3v) is 3.90. The Balaban J connectivity index is 2.09. The van der Waals surface area contributed by atoms with Crippen molar-refractivity contribution in [1.82, 2.24) is 15.3 Å². The average Bonchev–Trinajstić information content (AvgIpc) is 3.13. The van der Waals surface area contributed by atoms with Crippen LogP contribution in [-0.2, 0) is 14.4 Å². The minimum Gasteiger partial charge on any atom is -0.497 e. The van der Waals surface area contributed by atoms with Gasteiger partial charge in [-0.2, -0.15) is 0 Å². The molecule has 3 amide bonds. The van der Waals surface area contributed by atoms with Gasteiger partial charge in [0.25, 0.3) is 11.8 Å². The molecule has 0 aromatic heterocycles. The molecule has 1 aromatic carbocycles. The molecule has 1 N–H and O–H groups in total. The molecule has 1 saturated heterocycles. The molecule has 8 heteroatoms. The standard InChI is InChI=1S/C18H23N3O5/c1-13(22)19-12-18(24)21-10-4-9-20(21)17(23)8-5-14-11-15(25-2)6-7-16(14)26-3/h5-8,11H,4,9-10,12H2,1-3H3,(H,19,22). The summed E-state index contributed by atoms with van der Waals surface area (Å²) >= 11 is 0. The Labute approximate surface area is 152 Å². The number of benzene rings is 1. The Hall–Kier alpha value is -3.03. The number of carbonyl (C=O) groups is 3. The van der Waals surface area contributed by atoms with Gasteiger partial charge < -0.3 is 14.8 Å². The zero-order chi connectivity index (χ0) is 19.1. The van der Waals surface area contributed by atoms with Crippen LogP contribution in [0.25, 0.3) is 6.08 Å². The number of hydrazine groups is 1. The van der Waals surface area contributed by atoms with Gasteiger partial charge in [-0.1, -0.05) is 0 Å². The van der Waals surface area contributed by atoms with E-state index >= 15 is 0 Å². The lowest BCUT2D eigenvalue weighted by molar-refractivity contribution is -0.154. The number of rotatable bonds is 6. The predicted octanol–water partition coefficient (Wildman–Crippen LogP) is 0.829. The van der Waals surface area contributed by atoms with E-state index in [0.29, 0.717) is 36.6 Å². The zero-order valence-electron chi connectivity index (χ0n) is 15.2. The second kappa shape index (κ2) is 8.89. The lowest BCUT2D eigenvalue weighted by Crippen LogP contribution is -2.47. The highest BCUT2D eigenvalue weighted by Gasteiger charge is 2.29. The number of amides is 3. The summed E-state index contributed by atoms with van der Waals surface area (Å²) in [5, 5.41) is 5.20. The summed E-state index contributed by atoms with van der Waals surface area (Å²) in [7, 11) is 3.10. The van der Waals surface area contributed by atoms with Crippen molar-refractivity contribution in [3.8, 4) is 11.5 Å². The number of nitrogens with zero attached hydrogens (tertiary/aromatic N) is 2. The molecule has 1 aliphatic rings. The molecule has 26 heavy (non-hydrogen) atoms. The fraction of sp³-hybridized carbons (Fsp3) is 0.389. The van der Waals surface area contributed by atoms with Crippen LogP contribution in [0.15, 0.2) is 24.3 Å². The van der Waals surface area contributed by atoms with Gasteiger partial charge in [-0.05, 0) is 30.7 Å². The summed E-state index contributed by atoms with van der Waals surface area (Å²) in [6.45, 7) is 2.10. The van der Waals surface area contributed by atoms with Crippen LogP contribution in [0.1, 0.15) is 18.9 Å². The maximum absolute atomic E-state index is 12.5. The van der Waals surface area contributed by atoms with E-state index in [-0.39, 0.29) is 24.3 Å². The lowest BCUT2D eigenvalue weighted by atomic mass is 10.1. The fourth-order valence-electron chi connectivity index (χ4n) is 2.61. The Bertz CT molecular complexity index is 717. The minimum atomic E-state index is -0.321. The monoisotopic (exact) mass is 361 g/mol. The molecule has 0 unspecified atom stereocenters. The van der Waals surface area contributed by atoms with Gasteiger partial charge in [-0.15, -0.1) is 0 Å². The third kappa shape index (κ3) is 4.75. The van der Waals surface area contributed by atoms with E-state index in [1.54, 1.807) is 38.5 Å². The van der Waals surface area contributed by atoms with Crippen LogP contribution in [0.2, 0.25) is 0 Å². The zero-order valence-corrected chi connectivity index (χ0v) is 15.2. The number of ether oxygens (including phenoxy) is 2. The van der Waals surface area contributed by atoms with Crippen molar-refractivity contribution in [3.05, 3.63) is 29.8 Å². The van der Waals surface area contributed by atoms with Crippen molar-refractivity contribution in [2.45, 2.75) is 13.3 Å². The summed E-state index contributed by atoms with van der Waals surface area (Å²) in [6.07, 6.45) is 3.70. The first-order valence-corrected chi connectivity index (χ1v) is 8.22. The fourth-order valence-corrected chi connectivity index (χ4v) is 2.61. The summed E-state index contributed by atoms with van der Waals surface area (Å²) in [5.41, 5.74) is 0.690. The van der Waals surface area contributed by atoms with Gasteiger partial charge in [0.15, 0.2) is 0 Å². The van der Waals surface area contributed by atoms with Crippen LogP contribution in [0, 0.1) is 0 Å². The molecule has 0 bridgehead atoms. The van der Waals surface area contributed by atoms with Gasteiger partial charge in [0, 0.05) is 31.7 Å². The van der Waals surface area contributed by atoms with Crippen molar-refractivity contribution < 1.29 is 23.9 Å². The first-order chi connectivity index (χ1) is 12.5. The number of hydrogen-bond acceptors (Lipinski definition) is 5. The molecule has 0 spiro atoms. The normalized spacial score (nSPS) is 13.8. The van der Waals surface area contributed by atoms with Gasteiger partial charge in [0.2, 0.25) is 5.91 Å². The summed E-state index contributed by atoms with van der Waals surface area (Å²) in [6, 6.07) is 5.27. The van der Waals surface area contributed by atoms with E-state index in [1.807, 2.05) is 0 Å². The Morgan fingerprint density at radius 1 is 1.15 bits per heavy atom. The van der Waals surface area contributed by atoms with Gasteiger partial charge in [-0.3, -0.25) is 14.4 Å². The van der Waals surface area contributed by atoms with Gasteiger partial charge in [0.1, 0.15) is 11.5 Å². The maximum atomic E-state index is 12.5. The minimum absolute atomic E-state index is 0.132. The molecule has 0 radical (unpaired) electrons. The molecule has 0 aliphatic carbocycles. The molecule has 1 aliphatic heterocycles. The highest BCUT2D eigenvalue weighted by Crippen LogP contribution is 2.25. The van der Waals surface area contributed by atoms with Crippen LogP contribution < -0.4 is 14.8 Å². The molecule has 0 saturated carbocycles. The Morgan fingerprint density at radius 3 is 2.54 bits per heavy atom. The van der Waals surface area contributed by atoms with Crippen LogP contribution in [-0.4, -0.2) is 61.6 Å². The number of nitrogens with one attached hydrogen (secondary N) is 1. The van der Waals surface area contributed by atoms with E-state index in [2.05, 4.69) is 5.32 Å². The third-order valence-electron chi connectivity index (χ3n) is 3.90. The first kappa shape index (κ1) is 19.3. The summed E-state index contributed by atoms with van der Waals surface area (Å²) in [4.78, 5) is 35.6. The SMILES string of the molecule is COc1ccc(OC)c(C=CC(=O)N2CCCN2C(=O)CNC(C)=O)c1. The van der Waals surface area contributed by atoms with Crippen molar-refractivity contribution in [3.63, 3.8) is 0 Å². The molecule has 0 atom stereocenters. The largest absolute Gasteiger partial charge is 0.497 e. The van der Waals surface area contributed by atoms with Gasteiger partial charge in [-0.25, -0.2) is 10.0 Å². The summed E-state index contributed by atoms with van der Waals surface area (Å²) < 4.78 is 10.5. The lowest BCUT2D eigenvalue weighted by Gasteiger charge is -2.26. The van der Waals surface area contributed by atoms with E-state index in [4.69, 9.17) is 9.47 Å². The molecule has 8 nitrogen and oxygen atoms in total. The Kier molecular flexibility index (Phi) is 6.60. The number of carbonyl (C=O) groups excluding carboxylic acids is 3. The molecule has 1 fully saturated rings. The van der Waals surface area contributed by atoms with Crippen LogP contribution in [0.5, 0.6) is 11.5 Å². The predicted molar refractivity (Wildman–Crippen MR) is 95.3 cm³/mol. The highest BCUT2D eigenvalue weighted by atomic mass is 16.5. The highest BCUT2D eigenvalue weighted by molar-refractivity contribution is 5.94. The number of methoxy groups -OCH3 is 2. The van der Waals surface area contributed by atoms with Crippen molar-refractivity contribution in [2.24, 2.45) is 0 Å². The van der Waals surface area contributed by atoms with Crippen LogP contribution in [0.3, 0.4) is 0 Å². The maximum Gasteiger partial charge on any atom is 0.265 e. The number of hydrogen-bond donors (Lipinski definition) is 1. The Morgan fingerprint density at radius 2 is 1.88 bits per heavy atom. The van der Waals surface area contributed by atoms with Crippen molar-refractivity contribution in [1.29, 1.82) is 0 Å². The van der Waals surface area contributed by atoms with E-state index in [9.17, 15) is 14.4 Å². The van der Waals surface area contributed by atoms with E-state index in [0.717, 1.165) is 0 Å². The van der Waals surface area contributed by atoms with E-state index < -0.39 is 0 Å².